The van der Waals surface area contributed by atoms with E-state index in [1.807, 2.05) is 18.2 Å². The molecule has 0 radical (unpaired) electrons. The average Bonchev–Trinajstić information content (AvgIpc) is 2.34. The van der Waals surface area contributed by atoms with Crippen LogP contribution in [0.25, 0.3) is 0 Å². The van der Waals surface area contributed by atoms with Crippen LogP contribution in [0.5, 0.6) is 0 Å². The Bertz CT molecular complexity index is 407. The summed E-state index contributed by atoms with van der Waals surface area (Å²) >= 11 is 12.5. The minimum atomic E-state index is 0.140. The summed E-state index contributed by atoms with van der Waals surface area (Å²) in [6.07, 6.45) is 3.34. The van der Waals surface area contributed by atoms with Crippen molar-refractivity contribution >= 4 is 23.2 Å². The molecular weight excluding hydrogens is 267 g/mol. The highest BCUT2D eigenvalue weighted by Crippen LogP contribution is 2.37. The van der Waals surface area contributed by atoms with Crippen molar-refractivity contribution in [1.29, 1.82) is 0 Å². The summed E-state index contributed by atoms with van der Waals surface area (Å²) in [5.74, 6) is 0. The van der Waals surface area contributed by atoms with Crippen LogP contribution in [0, 0.1) is 0 Å². The Morgan fingerprint density at radius 1 is 1.39 bits per heavy atom. The van der Waals surface area contributed by atoms with Crippen molar-refractivity contribution in [2.24, 2.45) is 5.73 Å². The van der Waals surface area contributed by atoms with E-state index < -0.39 is 0 Å². The van der Waals surface area contributed by atoms with Crippen molar-refractivity contribution < 1.29 is 0 Å². The molecule has 100 valence electrons. The second kappa shape index (κ2) is 6.25. The van der Waals surface area contributed by atoms with Gasteiger partial charge in [-0.1, -0.05) is 42.3 Å². The number of likely N-dealkylation sites (tertiary alicyclic amines) is 1. The van der Waals surface area contributed by atoms with Gasteiger partial charge < -0.3 is 5.73 Å². The zero-order valence-corrected chi connectivity index (χ0v) is 12.2. The Balaban J connectivity index is 2.34. The average molecular weight is 287 g/mol. The molecule has 0 aromatic heterocycles. The maximum atomic E-state index is 6.34. The Kier molecular flexibility index (Phi) is 4.91. The van der Waals surface area contributed by atoms with Gasteiger partial charge in [-0.05, 0) is 44.0 Å². The van der Waals surface area contributed by atoms with Gasteiger partial charge in [0.25, 0.3) is 0 Å². The van der Waals surface area contributed by atoms with Gasteiger partial charge in [-0.25, -0.2) is 0 Å². The molecule has 18 heavy (non-hydrogen) atoms. The normalized spacial score (nSPS) is 25.3. The summed E-state index contributed by atoms with van der Waals surface area (Å²) in [5, 5.41) is 1.27. The van der Waals surface area contributed by atoms with Crippen LogP contribution in [0.2, 0.25) is 10.0 Å². The van der Waals surface area contributed by atoms with Crippen LogP contribution in [0.4, 0.5) is 0 Å². The standard InChI is InChI=1S/C14H20Cl2N2/c1-2-8-18-9-4-7-12(17)14(18)10-5-3-6-11(15)13(10)16/h3,5-6,12,14H,2,4,7-9,17H2,1H3. The lowest BCUT2D eigenvalue weighted by Gasteiger charge is -2.40. The van der Waals surface area contributed by atoms with Crippen LogP contribution < -0.4 is 5.73 Å². The quantitative estimate of drug-likeness (QED) is 0.914. The van der Waals surface area contributed by atoms with Crippen LogP contribution in [-0.2, 0) is 0 Å². The predicted octanol–water partition coefficient (Wildman–Crippen LogP) is 3.87. The van der Waals surface area contributed by atoms with E-state index in [2.05, 4.69) is 11.8 Å². The molecule has 0 spiro atoms. The fourth-order valence-corrected chi connectivity index (χ4v) is 3.23. The van der Waals surface area contributed by atoms with E-state index in [1.54, 1.807) is 0 Å². The van der Waals surface area contributed by atoms with Crippen molar-refractivity contribution in [3.8, 4) is 0 Å². The number of benzene rings is 1. The van der Waals surface area contributed by atoms with E-state index in [9.17, 15) is 0 Å². The van der Waals surface area contributed by atoms with Crippen LogP contribution >= 0.6 is 23.2 Å². The molecule has 1 aromatic carbocycles. The molecule has 1 aliphatic heterocycles. The SMILES string of the molecule is CCCN1CCCC(N)C1c1cccc(Cl)c1Cl. The van der Waals surface area contributed by atoms with Crippen LogP contribution in [-0.4, -0.2) is 24.0 Å². The Morgan fingerprint density at radius 3 is 2.89 bits per heavy atom. The third-order valence-corrected chi connectivity index (χ3v) is 4.43. The van der Waals surface area contributed by atoms with Gasteiger partial charge in [0.15, 0.2) is 0 Å². The number of piperidine rings is 1. The fourth-order valence-electron chi connectivity index (χ4n) is 2.81. The van der Waals surface area contributed by atoms with Gasteiger partial charge in [0.2, 0.25) is 0 Å². The van der Waals surface area contributed by atoms with Crippen LogP contribution in [0.1, 0.15) is 37.8 Å². The minimum Gasteiger partial charge on any atom is -0.326 e. The summed E-state index contributed by atoms with van der Waals surface area (Å²) in [4.78, 5) is 2.44. The van der Waals surface area contributed by atoms with Gasteiger partial charge >= 0.3 is 0 Å². The molecule has 2 unspecified atom stereocenters. The molecule has 4 heteroatoms. The third-order valence-electron chi connectivity index (χ3n) is 3.59. The van der Waals surface area contributed by atoms with E-state index in [4.69, 9.17) is 28.9 Å². The topological polar surface area (TPSA) is 29.3 Å². The first-order valence-corrected chi connectivity index (χ1v) is 7.34. The first kappa shape index (κ1) is 14.1. The number of rotatable bonds is 3. The Labute approximate surface area is 119 Å². The summed E-state index contributed by atoms with van der Waals surface area (Å²) in [7, 11) is 0. The fraction of sp³-hybridized carbons (Fsp3) is 0.571. The smallest absolute Gasteiger partial charge is 0.0640 e. The Morgan fingerprint density at radius 2 is 2.17 bits per heavy atom. The van der Waals surface area contributed by atoms with E-state index in [0.717, 1.165) is 37.9 Å². The molecule has 2 rings (SSSR count). The van der Waals surface area contributed by atoms with E-state index in [1.165, 1.54) is 0 Å². The summed E-state index contributed by atoms with van der Waals surface area (Å²) in [6.45, 7) is 4.34. The molecule has 1 fully saturated rings. The van der Waals surface area contributed by atoms with Crippen LogP contribution in [0.15, 0.2) is 18.2 Å². The van der Waals surface area contributed by atoms with E-state index >= 15 is 0 Å². The molecule has 2 N–H and O–H groups in total. The zero-order valence-electron chi connectivity index (χ0n) is 10.7. The number of nitrogens with zero attached hydrogens (tertiary/aromatic N) is 1. The van der Waals surface area contributed by atoms with Gasteiger partial charge in [0, 0.05) is 6.04 Å². The lowest BCUT2D eigenvalue weighted by molar-refractivity contribution is 0.129. The molecule has 1 aliphatic rings. The van der Waals surface area contributed by atoms with Gasteiger partial charge in [-0.2, -0.15) is 0 Å². The molecule has 0 aliphatic carbocycles. The van der Waals surface area contributed by atoms with Crippen molar-refractivity contribution in [3.05, 3.63) is 33.8 Å². The molecule has 2 atom stereocenters. The highest BCUT2D eigenvalue weighted by atomic mass is 35.5. The lowest BCUT2D eigenvalue weighted by atomic mass is 9.90. The number of hydrogen-bond donors (Lipinski definition) is 1. The molecule has 1 heterocycles. The molecule has 1 aromatic rings. The molecule has 0 amide bonds. The first-order chi connectivity index (χ1) is 8.65. The Hall–Kier alpha value is -0.280. The maximum Gasteiger partial charge on any atom is 0.0640 e. The van der Waals surface area contributed by atoms with Crippen molar-refractivity contribution in [3.63, 3.8) is 0 Å². The van der Waals surface area contributed by atoms with E-state index in [0.29, 0.717) is 10.0 Å². The first-order valence-electron chi connectivity index (χ1n) is 6.58. The third kappa shape index (κ3) is 2.83. The zero-order chi connectivity index (χ0) is 13.1. The number of hydrogen-bond acceptors (Lipinski definition) is 2. The largest absolute Gasteiger partial charge is 0.326 e. The lowest BCUT2D eigenvalue weighted by Crippen LogP contribution is -2.46. The van der Waals surface area contributed by atoms with Crippen molar-refractivity contribution in [1.82, 2.24) is 4.90 Å². The summed E-state index contributed by atoms with van der Waals surface area (Å²) < 4.78 is 0. The van der Waals surface area contributed by atoms with Crippen molar-refractivity contribution in [2.75, 3.05) is 13.1 Å². The van der Waals surface area contributed by atoms with Gasteiger partial charge in [0.1, 0.15) is 0 Å². The van der Waals surface area contributed by atoms with Crippen LogP contribution in [0.3, 0.4) is 0 Å². The molecule has 2 nitrogen and oxygen atoms in total. The monoisotopic (exact) mass is 286 g/mol. The predicted molar refractivity (Wildman–Crippen MR) is 78.3 cm³/mol. The molecule has 1 saturated heterocycles. The second-order valence-corrected chi connectivity index (χ2v) is 5.72. The number of halogens is 2. The maximum absolute atomic E-state index is 6.34. The summed E-state index contributed by atoms with van der Waals surface area (Å²) in [6, 6.07) is 6.17. The highest BCUT2D eigenvalue weighted by molar-refractivity contribution is 6.42. The summed E-state index contributed by atoms with van der Waals surface area (Å²) in [5.41, 5.74) is 7.38. The number of nitrogens with two attached hydrogens (primary N) is 1. The van der Waals surface area contributed by atoms with Crippen molar-refractivity contribution in [2.45, 2.75) is 38.3 Å². The second-order valence-electron chi connectivity index (χ2n) is 4.93. The minimum absolute atomic E-state index is 0.140. The molecule has 0 saturated carbocycles. The van der Waals surface area contributed by atoms with E-state index in [-0.39, 0.29) is 12.1 Å². The molecule has 0 bridgehead atoms. The van der Waals surface area contributed by atoms with Gasteiger partial charge in [-0.15, -0.1) is 0 Å². The highest BCUT2D eigenvalue weighted by Gasteiger charge is 2.31. The van der Waals surface area contributed by atoms with Gasteiger partial charge in [-0.3, -0.25) is 4.90 Å². The van der Waals surface area contributed by atoms with Gasteiger partial charge in [0.05, 0.1) is 16.1 Å². The molecular formula is C14H20Cl2N2.